The number of allylic oxidation sites excluding steroid dienone is 2. The molecule has 0 aromatic heterocycles. The van der Waals surface area contributed by atoms with E-state index in [9.17, 15) is 4.79 Å². The predicted molar refractivity (Wildman–Crippen MR) is 47.6 cm³/mol. The molecule has 0 saturated heterocycles. The topological polar surface area (TPSA) is 75.8 Å². The molecule has 0 unspecified atom stereocenters. The Morgan fingerprint density at radius 2 is 2.23 bits per heavy atom. The molecule has 3 N–H and O–H groups in total. The van der Waals surface area contributed by atoms with Gasteiger partial charge in [-0.2, -0.15) is 0 Å². The molecule has 13 heavy (non-hydrogen) atoms. The lowest BCUT2D eigenvalue weighted by Gasteiger charge is -2.10. The molecule has 0 bridgehead atoms. The first-order valence-corrected chi connectivity index (χ1v) is 3.47. The van der Waals surface area contributed by atoms with Gasteiger partial charge in [0.25, 0.3) is 0 Å². The number of nitrogens with two attached hydrogens (primary N) is 1. The molecule has 0 atom stereocenters. The molecule has 5 heteroatoms. The first-order chi connectivity index (χ1) is 6.11. The summed E-state index contributed by atoms with van der Waals surface area (Å²) in [6.45, 7) is 6.95. The number of hydrogen-bond acceptors (Lipinski definition) is 3. The summed E-state index contributed by atoms with van der Waals surface area (Å²) in [6, 6.07) is -1.08. The standard InChI is InChI=1S/C8H12N2O3/c1-3-5-7(4-2)6-13-10(12)8(9)11/h3-5,12H,1-2,6H2,(H2,9,11)/b7-5+. The molecule has 0 fully saturated rings. The van der Waals surface area contributed by atoms with Crippen LogP contribution in [0.25, 0.3) is 0 Å². The summed E-state index contributed by atoms with van der Waals surface area (Å²) in [7, 11) is 0. The third-order valence-corrected chi connectivity index (χ3v) is 1.14. The number of carbonyl (C=O) groups excluding carboxylic acids is 1. The molecule has 0 aromatic rings. The van der Waals surface area contributed by atoms with Crippen LogP contribution in [0.2, 0.25) is 0 Å². The molecule has 0 aliphatic carbocycles. The average molecular weight is 184 g/mol. The van der Waals surface area contributed by atoms with E-state index in [1.54, 1.807) is 6.08 Å². The highest BCUT2D eigenvalue weighted by Crippen LogP contribution is 1.98. The van der Waals surface area contributed by atoms with Gasteiger partial charge in [-0.1, -0.05) is 36.6 Å². The Morgan fingerprint density at radius 1 is 1.62 bits per heavy atom. The Labute approximate surface area is 76.3 Å². The molecule has 0 rings (SSSR count). The van der Waals surface area contributed by atoms with Crippen molar-refractivity contribution in [1.82, 2.24) is 5.23 Å². The molecular weight excluding hydrogens is 172 g/mol. The van der Waals surface area contributed by atoms with Crippen molar-refractivity contribution in [2.45, 2.75) is 0 Å². The van der Waals surface area contributed by atoms with Crippen molar-refractivity contribution in [3.8, 4) is 0 Å². The third-order valence-electron chi connectivity index (χ3n) is 1.14. The minimum absolute atomic E-state index is 0.00500. The number of nitrogens with zero attached hydrogens (tertiary/aromatic N) is 1. The summed E-state index contributed by atoms with van der Waals surface area (Å²) in [4.78, 5) is 14.8. The van der Waals surface area contributed by atoms with Gasteiger partial charge in [0.05, 0.1) is 0 Å². The van der Waals surface area contributed by atoms with Crippen LogP contribution >= 0.6 is 0 Å². The van der Waals surface area contributed by atoms with Crippen molar-refractivity contribution in [2.24, 2.45) is 5.73 Å². The molecular formula is C8H12N2O3. The Hall–Kier alpha value is -1.59. The summed E-state index contributed by atoms with van der Waals surface area (Å²) in [5.41, 5.74) is 5.35. The van der Waals surface area contributed by atoms with Gasteiger partial charge < -0.3 is 5.73 Å². The third kappa shape index (κ3) is 4.78. The second-order valence-corrected chi connectivity index (χ2v) is 2.07. The number of rotatable bonds is 5. The smallest absolute Gasteiger partial charge is 0.348 e. The zero-order valence-electron chi connectivity index (χ0n) is 7.14. The Kier molecular flexibility index (Phi) is 5.25. The van der Waals surface area contributed by atoms with Crippen LogP contribution in [0.4, 0.5) is 4.79 Å². The number of urea groups is 1. The van der Waals surface area contributed by atoms with Gasteiger partial charge >= 0.3 is 6.03 Å². The monoisotopic (exact) mass is 184 g/mol. The fraction of sp³-hybridized carbons (Fsp3) is 0.125. The van der Waals surface area contributed by atoms with Gasteiger partial charge in [-0.25, -0.2) is 9.63 Å². The van der Waals surface area contributed by atoms with E-state index < -0.39 is 6.03 Å². The quantitative estimate of drug-likeness (QED) is 0.380. The number of amides is 2. The molecule has 5 nitrogen and oxygen atoms in total. The lowest BCUT2D eigenvalue weighted by Crippen LogP contribution is -2.33. The van der Waals surface area contributed by atoms with Crippen molar-refractivity contribution in [2.75, 3.05) is 6.61 Å². The van der Waals surface area contributed by atoms with E-state index in [4.69, 9.17) is 5.21 Å². The van der Waals surface area contributed by atoms with E-state index in [1.807, 2.05) is 0 Å². The Bertz CT molecular complexity index is 236. The lowest BCUT2D eigenvalue weighted by molar-refractivity contribution is -0.288. The van der Waals surface area contributed by atoms with Crippen LogP contribution in [0.3, 0.4) is 0 Å². The molecule has 0 aromatic carbocycles. The molecule has 2 amide bonds. The fourth-order valence-corrected chi connectivity index (χ4v) is 0.526. The van der Waals surface area contributed by atoms with Crippen molar-refractivity contribution in [3.05, 3.63) is 37.0 Å². The number of hydrogen-bond donors (Lipinski definition) is 2. The SMILES string of the molecule is C=C/C=C(\C=C)CON(O)C(N)=O. The van der Waals surface area contributed by atoms with Gasteiger partial charge in [-0.3, -0.25) is 5.21 Å². The zero-order valence-corrected chi connectivity index (χ0v) is 7.14. The maximum atomic E-state index is 10.3. The van der Waals surface area contributed by atoms with E-state index in [2.05, 4.69) is 23.7 Å². The summed E-state index contributed by atoms with van der Waals surface area (Å²) in [6.07, 6.45) is 4.67. The molecule has 0 aliphatic rings. The molecule has 0 radical (unpaired) electrons. The molecule has 0 heterocycles. The van der Waals surface area contributed by atoms with Crippen LogP contribution in [0.5, 0.6) is 0 Å². The predicted octanol–water partition coefficient (Wildman–Crippen LogP) is 0.986. The van der Waals surface area contributed by atoms with Crippen LogP contribution in [0, 0.1) is 0 Å². The highest BCUT2D eigenvalue weighted by molar-refractivity contribution is 5.69. The second-order valence-electron chi connectivity index (χ2n) is 2.07. The van der Waals surface area contributed by atoms with Gasteiger partial charge in [-0.05, 0) is 5.57 Å². The summed E-state index contributed by atoms with van der Waals surface area (Å²) < 4.78 is 0. The normalized spacial score (nSPS) is 10.7. The molecule has 72 valence electrons. The number of carbonyl (C=O) groups is 1. The first-order valence-electron chi connectivity index (χ1n) is 3.47. The van der Waals surface area contributed by atoms with Crippen LogP contribution in [0.1, 0.15) is 0 Å². The van der Waals surface area contributed by atoms with Crippen molar-refractivity contribution >= 4 is 6.03 Å². The van der Waals surface area contributed by atoms with Crippen LogP contribution in [0.15, 0.2) is 37.0 Å². The maximum Gasteiger partial charge on any atom is 0.364 e. The highest BCUT2D eigenvalue weighted by Gasteiger charge is 2.05. The van der Waals surface area contributed by atoms with Gasteiger partial charge in [0.15, 0.2) is 0 Å². The van der Waals surface area contributed by atoms with Gasteiger partial charge in [0, 0.05) is 0 Å². The largest absolute Gasteiger partial charge is 0.364 e. The maximum absolute atomic E-state index is 10.3. The van der Waals surface area contributed by atoms with E-state index in [1.165, 1.54) is 12.2 Å². The molecule has 0 spiro atoms. The zero-order chi connectivity index (χ0) is 10.3. The van der Waals surface area contributed by atoms with Crippen LogP contribution < -0.4 is 5.73 Å². The van der Waals surface area contributed by atoms with Crippen molar-refractivity contribution < 1.29 is 14.8 Å². The average Bonchev–Trinajstić information content (AvgIpc) is 2.11. The van der Waals surface area contributed by atoms with E-state index >= 15 is 0 Å². The van der Waals surface area contributed by atoms with Gasteiger partial charge in [0.1, 0.15) is 6.61 Å². The Balaban J connectivity index is 3.99. The van der Waals surface area contributed by atoms with Crippen LogP contribution in [-0.2, 0) is 4.84 Å². The van der Waals surface area contributed by atoms with Crippen LogP contribution in [-0.4, -0.2) is 23.1 Å². The van der Waals surface area contributed by atoms with E-state index in [0.717, 1.165) is 0 Å². The van der Waals surface area contributed by atoms with E-state index in [0.29, 0.717) is 5.57 Å². The summed E-state index contributed by atoms with van der Waals surface area (Å²) >= 11 is 0. The molecule has 0 saturated carbocycles. The van der Waals surface area contributed by atoms with Gasteiger partial charge in [0.2, 0.25) is 0 Å². The summed E-state index contributed by atoms with van der Waals surface area (Å²) in [5, 5.41) is 8.65. The molecule has 0 aliphatic heterocycles. The number of hydroxylamine groups is 2. The van der Waals surface area contributed by atoms with Crippen molar-refractivity contribution in [1.29, 1.82) is 0 Å². The fourth-order valence-electron chi connectivity index (χ4n) is 0.526. The number of primary amides is 1. The lowest BCUT2D eigenvalue weighted by atomic mass is 10.2. The Morgan fingerprint density at radius 3 is 2.62 bits per heavy atom. The van der Waals surface area contributed by atoms with E-state index in [-0.39, 0.29) is 11.8 Å². The minimum Gasteiger partial charge on any atom is -0.348 e. The van der Waals surface area contributed by atoms with Gasteiger partial charge in [-0.15, -0.1) is 0 Å². The first kappa shape index (κ1) is 11.4. The summed E-state index contributed by atoms with van der Waals surface area (Å²) in [5.74, 6) is 0. The highest BCUT2D eigenvalue weighted by atomic mass is 16.9. The van der Waals surface area contributed by atoms with Crippen molar-refractivity contribution in [3.63, 3.8) is 0 Å². The minimum atomic E-state index is -1.08. The second kappa shape index (κ2) is 5.99.